The van der Waals surface area contributed by atoms with Crippen LogP contribution in [-0.2, 0) is 12.8 Å². The second kappa shape index (κ2) is 4.57. The van der Waals surface area contributed by atoms with E-state index in [1.165, 1.54) is 30.4 Å². The molecule has 1 aliphatic rings. The van der Waals surface area contributed by atoms with Crippen LogP contribution in [0.2, 0.25) is 0 Å². The molecule has 0 atom stereocenters. The van der Waals surface area contributed by atoms with E-state index in [4.69, 9.17) is 5.11 Å². The highest BCUT2D eigenvalue weighted by atomic mass is 16.4. The Morgan fingerprint density at radius 1 is 1.16 bits per heavy atom. The van der Waals surface area contributed by atoms with Crippen LogP contribution in [0.5, 0.6) is 0 Å². The lowest BCUT2D eigenvalue weighted by molar-refractivity contribution is 0.0696. The molecule has 0 saturated heterocycles. The smallest absolute Gasteiger partial charge is 0.337 e. The van der Waals surface area contributed by atoms with E-state index < -0.39 is 5.97 Å². The average Bonchev–Trinajstić information content (AvgIpc) is 2.80. The molecule has 0 amide bonds. The summed E-state index contributed by atoms with van der Waals surface area (Å²) in [5.41, 5.74) is 5.89. The van der Waals surface area contributed by atoms with Gasteiger partial charge in [0.25, 0.3) is 0 Å². The highest BCUT2D eigenvalue weighted by Gasteiger charge is 2.14. The number of aromatic nitrogens is 1. The maximum Gasteiger partial charge on any atom is 0.337 e. The van der Waals surface area contributed by atoms with Gasteiger partial charge in [-0.2, -0.15) is 0 Å². The summed E-state index contributed by atoms with van der Waals surface area (Å²) in [5.74, 6) is -0.877. The van der Waals surface area contributed by atoms with E-state index in [-0.39, 0.29) is 0 Å². The van der Waals surface area contributed by atoms with Gasteiger partial charge in [-0.25, -0.2) is 4.79 Å². The minimum Gasteiger partial charge on any atom is -0.478 e. The Morgan fingerprint density at radius 2 is 1.89 bits per heavy atom. The molecule has 1 aromatic carbocycles. The lowest BCUT2D eigenvalue weighted by Crippen LogP contribution is -2.02. The van der Waals surface area contributed by atoms with Crippen LogP contribution in [0.4, 0.5) is 0 Å². The highest BCUT2D eigenvalue weighted by molar-refractivity contribution is 5.90. The maximum atomic E-state index is 11.1. The molecule has 1 aromatic heterocycles. The Bertz CT molecular complexity index is 640. The number of aromatic carboxylic acids is 1. The van der Waals surface area contributed by atoms with Crippen LogP contribution in [0, 0.1) is 6.92 Å². The van der Waals surface area contributed by atoms with Gasteiger partial charge >= 0.3 is 5.97 Å². The molecule has 19 heavy (non-hydrogen) atoms. The quantitative estimate of drug-likeness (QED) is 0.862. The molecule has 0 radical (unpaired) electrons. The van der Waals surface area contributed by atoms with Crippen molar-refractivity contribution in [3.05, 3.63) is 46.6 Å². The van der Waals surface area contributed by atoms with Gasteiger partial charge in [0, 0.05) is 11.4 Å². The Morgan fingerprint density at radius 3 is 2.58 bits per heavy atom. The van der Waals surface area contributed by atoms with Gasteiger partial charge in [0.1, 0.15) is 0 Å². The molecule has 1 aliphatic carbocycles. The van der Waals surface area contributed by atoms with E-state index in [2.05, 4.69) is 23.2 Å². The molecule has 3 nitrogen and oxygen atoms in total. The number of carboxylic acid groups (broad SMARTS) is 1. The third kappa shape index (κ3) is 2.16. The van der Waals surface area contributed by atoms with Crippen LogP contribution in [0.25, 0.3) is 11.3 Å². The van der Waals surface area contributed by atoms with Gasteiger partial charge in [-0.15, -0.1) is 0 Å². The second-order valence-electron chi connectivity index (χ2n) is 5.22. The first-order valence-corrected chi connectivity index (χ1v) is 6.70. The number of hydrogen-bond acceptors (Lipinski definition) is 1. The van der Waals surface area contributed by atoms with Crippen molar-refractivity contribution in [1.29, 1.82) is 0 Å². The third-order valence-corrected chi connectivity index (χ3v) is 3.90. The predicted molar refractivity (Wildman–Crippen MR) is 74.6 cm³/mol. The molecule has 3 rings (SSSR count). The number of hydrogen-bond donors (Lipinski definition) is 2. The molecule has 0 bridgehead atoms. The van der Waals surface area contributed by atoms with Crippen molar-refractivity contribution in [2.75, 3.05) is 0 Å². The number of aryl methyl sites for hydroxylation is 3. The van der Waals surface area contributed by atoms with Gasteiger partial charge in [0.15, 0.2) is 0 Å². The molecule has 0 spiro atoms. The van der Waals surface area contributed by atoms with E-state index in [1.807, 2.05) is 0 Å². The summed E-state index contributed by atoms with van der Waals surface area (Å²) in [6, 6.07) is 8.19. The molecule has 2 aromatic rings. The van der Waals surface area contributed by atoms with Crippen LogP contribution < -0.4 is 0 Å². The van der Waals surface area contributed by atoms with Crippen molar-refractivity contribution in [3.8, 4) is 11.3 Å². The monoisotopic (exact) mass is 255 g/mol. The number of carbonyl (C=O) groups is 1. The molecular formula is C16H17NO2. The van der Waals surface area contributed by atoms with Crippen LogP contribution in [0.15, 0.2) is 24.3 Å². The van der Waals surface area contributed by atoms with Crippen LogP contribution in [0.3, 0.4) is 0 Å². The maximum absolute atomic E-state index is 11.1. The minimum atomic E-state index is -0.877. The molecule has 0 aliphatic heterocycles. The van der Waals surface area contributed by atoms with Crippen molar-refractivity contribution in [2.45, 2.75) is 32.6 Å². The zero-order valence-corrected chi connectivity index (χ0v) is 11.0. The van der Waals surface area contributed by atoms with Gasteiger partial charge in [0.05, 0.1) is 5.56 Å². The second-order valence-corrected chi connectivity index (χ2v) is 5.22. The standard InChI is InChI=1S/C16H17NO2/c1-10-14(16(18)19)9-15(17-10)13-7-6-11-4-2-3-5-12(11)8-13/h6-9,17H,2-5H2,1H3,(H,18,19). The first-order chi connectivity index (χ1) is 9.15. The first kappa shape index (κ1) is 12.0. The Kier molecular flexibility index (Phi) is 2.90. The highest BCUT2D eigenvalue weighted by Crippen LogP contribution is 2.28. The number of carboxylic acids is 1. The van der Waals surface area contributed by atoms with Crippen molar-refractivity contribution in [1.82, 2.24) is 4.98 Å². The molecule has 2 N–H and O–H groups in total. The lowest BCUT2D eigenvalue weighted by atomic mass is 9.90. The summed E-state index contributed by atoms with van der Waals surface area (Å²) in [6.07, 6.45) is 4.83. The van der Waals surface area contributed by atoms with Gasteiger partial charge in [-0.3, -0.25) is 0 Å². The van der Waals surface area contributed by atoms with Crippen LogP contribution >= 0.6 is 0 Å². The number of benzene rings is 1. The zero-order chi connectivity index (χ0) is 13.4. The fourth-order valence-corrected chi connectivity index (χ4v) is 2.84. The summed E-state index contributed by atoms with van der Waals surface area (Å²) in [5, 5.41) is 9.10. The first-order valence-electron chi connectivity index (χ1n) is 6.70. The van der Waals surface area contributed by atoms with E-state index in [9.17, 15) is 4.79 Å². The van der Waals surface area contributed by atoms with Gasteiger partial charge in [0.2, 0.25) is 0 Å². The number of aromatic amines is 1. The summed E-state index contributed by atoms with van der Waals surface area (Å²) < 4.78 is 0. The molecule has 3 heteroatoms. The molecule has 0 saturated carbocycles. The molecule has 98 valence electrons. The Hall–Kier alpha value is -2.03. The zero-order valence-electron chi connectivity index (χ0n) is 11.0. The van der Waals surface area contributed by atoms with Crippen molar-refractivity contribution in [2.24, 2.45) is 0 Å². The normalized spacial score (nSPS) is 14.2. The summed E-state index contributed by atoms with van der Waals surface area (Å²) in [4.78, 5) is 14.2. The fraction of sp³-hybridized carbons (Fsp3) is 0.312. The van der Waals surface area contributed by atoms with Gasteiger partial charge in [-0.05, 0) is 61.4 Å². The number of H-pyrrole nitrogens is 1. The topological polar surface area (TPSA) is 53.1 Å². The van der Waals surface area contributed by atoms with Crippen molar-refractivity contribution in [3.63, 3.8) is 0 Å². The average molecular weight is 255 g/mol. The minimum absolute atomic E-state index is 0.354. The summed E-state index contributed by atoms with van der Waals surface area (Å²) in [6.45, 7) is 1.80. The molecule has 1 heterocycles. The van der Waals surface area contributed by atoms with Crippen molar-refractivity contribution >= 4 is 5.97 Å². The van der Waals surface area contributed by atoms with Crippen LogP contribution in [0.1, 0.15) is 40.0 Å². The van der Waals surface area contributed by atoms with Crippen molar-refractivity contribution < 1.29 is 9.90 Å². The van der Waals surface area contributed by atoms with E-state index in [0.717, 1.165) is 17.7 Å². The van der Waals surface area contributed by atoms with E-state index in [1.54, 1.807) is 13.0 Å². The number of fused-ring (bicyclic) bond motifs is 1. The van der Waals surface area contributed by atoms with Crippen LogP contribution in [-0.4, -0.2) is 16.1 Å². The summed E-state index contributed by atoms with van der Waals surface area (Å²) >= 11 is 0. The summed E-state index contributed by atoms with van der Waals surface area (Å²) in [7, 11) is 0. The Balaban J connectivity index is 2.02. The molecule has 0 fully saturated rings. The molecule has 0 unspecified atom stereocenters. The number of rotatable bonds is 2. The van der Waals surface area contributed by atoms with Gasteiger partial charge in [-0.1, -0.05) is 12.1 Å². The Labute approximate surface area is 112 Å². The SMILES string of the molecule is Cc1[nH]c(-c2ccc3c(c2)CCCC3)cc1C(=O)O. The molecular weight excluding hydrogens is 238 g/mol. The third-order valence-electron chi connectivity index (χ3n) is 3.90. The fourth-order valence-electron chi connectivity index (χ4n) is 2.84. The van der Waals surface area contributed by atoms with E-state index in [0.29, 0.717) is 11.3 Å². The van der Waals surface area contributed by atoms with Gasteiger partial charge < -0.3 is 10.1 Å². The lowest BCUT2D eigenvalue weighted by Gasteiger charge is -2.16. The van der Waals surface area contributed by atoms with E-state index >= 15 is 0 Å². The number of nitrogens with one attached hydrogen (secondary N) is 1. The predicted octanol–water partition coefficient (Wildman–Crippen LogP) is 3.57. The largest absolute Gasteiger partial charge is 0.478 e.